The lowest BCUT2D eigenvalue weighted by molar-refractivity contribution is -0.137. The van der Waals surface area contributed by atoms with Gasteiger partial charge in [-0.25, -0.2) is 5.01 Å². The Labute approximate surface area is 175 Å². The zero-order valence-electron chi connectivity index (χ0n) is 17.3. The van der Waals surface area contributed by atoms with Crippen molar-refractivity contribution in [3.05, 3.63) is 65.2 Å². The van der Waals surface area contributed by atoms with E-state index in [-0.39, 0.29) is 25.2 Å². The van der Waals surface area contributed by atoms with Crippen molar-refractivity contribution in [2.45, 2.75) is 32.2 Å². The maximum atomic E-state index is 13.0. The molecule has 1 heterocycles. The van der Waals surface area contributed by atoms with Gasteiger partial charge in [0.25, 0.3) is 0 Å². The van der Waals surface area contributed by atoms with Crippen LogP contribution < -0.4 is 14.9 Å². The molecule has 0 saturated heterocycles. The van der Waals surface area contributed by atoms with Gasteiger partial charge >= 0.3 is 5.97 Å². The molecular formula is C23H26N2O5. The van der Waals surface area contributed by atoms with E-state index in [4.69, 9.17) is 14.6 Å². The summed E-state index contributed by atoms with van der Waals surface area (Å²) in [6.45, 7) is 2.02. The molecule has 0 aliphatic carbocycles. The van der Waals surface area contributed by atoms with Crippen LogP contribution in [0.1, 0.15) is 42.0 Å². The minimum Gasteiger partial charge on any atom is -0.497 e. The highest BCUT2D eigenvalue weighted by Gasteiger charge is 2.32. The first-order valence-electron chi connectivity index (χ1n) is 9.74. The van der Waals surface area contributed by atoms with Crippen molar-refractivity contribution in [1.82, 2.24) is 10.4 Å². The molecule has 0 unspecified atom stereocenters. The number of rotatable bonds is 8. The summed E-state index contributed by atoms with van der Waals surface area (Å²) in [6, 6.07) is 13.0. The number of ether oxygens (including phenoxy) is 2. The number of carbonyl (C=O) groups excluding carboxylic acids is 1. The summed E-state index contributed by atoms with van der Waals surface area (Å²) in [5.41, 5.74) is 6.88. The van der Waals surface area contributed by atoms with Crippen LogP contribution >= 0.6 is 0 Å². The minimum absolute atomic E-state index is 0.0506. The van der Waals surface area contributed by atoms with Gasteiger partial charge in [-0.1, -0.05) is 29.8 Å². The number of carboxylic acid groups (broad SMARTS) is 1. The molecule has 0 radical (unpaired) electrons. The number of benzene rings is 2. The number of methoxy groups -OCH3 is 2. The second-order valence-corrected chi connectivity index (χ2v) is 7.12. The fourth-order valence-electron chi connectivity index (χ4n) is 3.39. The zero-order valence-corrected chi connectivity index (χ0v) is 17.3. The SMILES string of the molecule is COc1ccc(OC)c([C@@H]2C=C(c3ccc(C)cc3)NN2C(=O)CCCC(=O)O)c1. The Kier molecular flexibility index (Phi) is 6.61. The van der Waals surface area contributed by atoms with Crippen LogP contribution in [0.15, 0.2) is 48.5 Å². The monoisotopic (exact) mass is 410 g/mol. The summed E-state index contributed by atoms with van der Waals surface area (Å²) in [4.78, 5) is 23.8. The molecular weight excluding hydrogens is 384 g/mol. The maximum Gasteiger partial charge on any atom is 0.303 e. The average molecular weight is 410 g/mol. The Hall–Kier alpha value is -3.48. The number of hydrogen-bond acceptors (Lipinski definition) is 5. The average Bonchev–Trinajstić information content (AvgIpc) is 3.18. The molecule has 0 saturated carbocycles. The van der Waals surface area contributed by atoms with Crippen LogP contribution in [-0.4, -0.2) is 36.2 Å². The van der Waals surface area contributed by atoms with Crippen molar-refractivity contribution < 1.29 is 24.2 Å². The number of carboxylic acids is 1. The third kappa shape index (κ3) is 4.74. The van der Waals surface area contributed by atoms with Crippen LogP contribution in [0.4, 0.5) is 0 Å². The molecule has 7 nitrogen and oxygen atoms in total. The Morgan fingerprint density at radius 2 is 1.80 bits per heavy atom. The van der Waals surface area contributed by atoms with Crippen LogP contribution in [0.3, 0.4) is 0 Å². The lowest BCUT2D eigenvalue weighted by Crippen LogP contribution is -2.39. The normalized spacial score (nSPS) is 15.4. The van der Waals surface area contributed by atoms with Gasteiger partial charge in [-0.05, 0) is 43.2 Å². The first kappa shape index (κ1) is 21.2. The highest BCUT2D eigenvalue weighted by atomic mass is 16.5. The molecule has 1 aliphatic rings. The van der Waals surface area contributed by atoms with Crippen LogP contribution in [-0.2, 0) is 9.59 Å². The lowest BCUT2D eigenvalue weighted by Gasteiger charge is -2.27. The topological polar surface area (TPSA) is 88.1 Å². The Bertz CT molecular complexity index is 953. The van der Waals surface area contributed by atoms with E-state index in [1.165, 1.54) is 5.01 Å². The molecule has 158 valence electrons. The highest BCUT2D eigenvalue weighted by molar-refractivity contribution is 5.81. The first-order valence-corrected chi connectivity index (χ1v) is 9.74. The number of aliphatic carboxylic acids is 1. The van der Waals surface area contributed by atoms with Crippen molar-refractivity contribution in [3.63, 3.8) is 0 Å². The number of hydrazine groups is 1. The molecule has 7 heteroatoms. The Morgan fingerprint density at radius 1 is 1.07 bits per heavy atom. The number of aryl methyl sites for hydroxylation is 1. The fourth-order valence-corrected chi connectivity index (χ4v) is 3.39. The standard InChI is InChI=1S/C23H26N2O5/c1-15-7-9-16(10-8-15)19-14-20(18-13-17(29-2)11-12-21(18)30-3)25(24-19)22(26)5-4-6-23(27)28/h7-14,20,24H,4-6H2,1-3H3,(H,27,28)/t20-/m0/s1. The van der Waals surface area contributed by atoms with Crippen molar-refractivity contribution in [2.24, 2.45) is 0 Å². The number of carbonyl (C=O) groups is 2. The van der Waals surface area contributed by atoms with E-state index in [0.717, 1.165) is 22.4 Å². The summed E-state index contributed by atoms with van der Waals surface area (Å²) in [5, 5.41) is 10.4. The minimum atomic E-state index is -0.915. The van der Waals surface area contributed by atoms with Gasteiger partial charge in [0.1, 0.15) is 17.5 Å². The second kappa shape index (κ2) is 9.35. The maximum absolute atomic E-state index is 13.0. The molecule has 2 aromatic rings. The van der Waals surface area contributed by atoms with E-state index in [1.807, 2.05) is 43.3 Å². The molecule has 3 rings (SSSR count). The molecule has 1 aliphatic heterocycles. The Morgan fingerprint density at radius 3 is 2.43 bits per heavy atom. The molecule has 2 N–H and O–H groups in total. The van der Waals surface area contributed by atoms with Crippen LogP contribution in [0.5, 0.6) is 11.5 Å². The van der Waals surface area contributed by atoms with Gasteiger partial charge < -0.3 is 14.6 Å². The summed E-state index contributed by atoms with van der Waals surface area (Å²) in [6.07, 6.45) is 2.31. The van der Waals surface area contributed by atoms with Gasteiger partial charge in [-0.15, -0.1) is 0 Å². The number of nitrogens with one attached hydrogen (secondary N) is 1. The summed E-state index contributed by atoms with van der Waals surface area (Å²) in [5.74, 6) is 0.180. The van der Waals surface area contributed by atoms with Gasteiger partial charge in [0, 0.05) is 18.4 Å². The smallest absolute Gasteiger partial charge is 0.303 e. The molecule has 1 atom stereocenters. The highest BCUT2D eigenvalue weighted by Crippen LogP contribution is 2.38. The number of amides is 1. The number of nitrogens with zero attached hydrogens (tertiary/aromatic N) is 1. The molecule has 0 fully saturated rings. The van der Waals surface area contributed by atoms with Gasteiger partial charge in [-0.3, -0.25) is 15.0 Å². The summed E-state index contributed by atoms with van der Waals surface area (Å²) in [7, 11) is 3.16. The third-order valence-electron chi connectivity index (χ3n) is 5.01. The van der Waals surface area contributed by atoms with Gasteiger partial charge in [0.2, 0.25) is 5.91 Å². The van der Waals surface area contributed by atoms with Crippen molar-refractivity contribution in [2.75, 3.05) is 14.2 Å². The molecule has 1 amide bonds. The van der Waals surface area contributed by atoms with Crippen LogP contribution in [0.25, 0.3) is 5.70 Å². The quantitative estimate of drug-likeness (QED) is 0.690. The zero-order chi connectivity index (χ0) is 21.7. The van der Waals surface area contributed by atoms with Gasteiger partial charge in [0.15, 0.2) is 0 Å². The first-order chi connectivity index (χ1) is 14.4. The van der Waals surface area contributed by atoms with Crippen molar-refractivity contribution in [1.29, 1.82) is 0 Å². The van der Waals surface area contributed by atoms with Crippen molar-refractivity contribution in [3.8, 4) is 11.5 Å². The van der Waals surface area contributed by atoms with E-state index < -0.39 is 12.0 Å². The van der Waals surface area contributed by atoms with Gasteiger partial charge in [0.05, 0.1) is 19.9 Å². The predicted molar refractivity (Wildman–Crippen MR) is 113 cm³/mol. The fraction of sp³-hybridized carbons (Fsp3) is 0.304. The second-order valence-electron chi connectivity index (χ2n) is 7.12. The number of hydrogen-bond donors (Lipinski definition) is 2. The Balaban J connectivity index is 1.96. The van der Waals surface area contributed by atoms with E-state index >= 15 is 0 Å². The van der Waals surface area contributed by atoms with E-state index in [0.29, 0.717) is 11.5 Å². The van der Waals surface area contributed by atoms with Crippen LogP contribution in [0, 0.1) is 6.92 Å². The lowest BCUT2D eigenvalue weighted by atomic mass is 10.0. The van der Waals surface area contributed by atoms with Gasteiger partial charge in [-0.2, -0.15) is 0 Å². The molecule has 0 spiro atoms. The van der Waals surface area contributed by atoms with E-state index in [9.17, 15) is 9.59 Å². The van der Waals surface area contributed by atoms with E-state index in [2.05, 4.69) is 5.43 Å². The predicted octanol–water partition coefficient (Wildman–Crippen LogP) is 3.70. The third-order valence-corrected chi connectivity index (χ3v) is 5.01. The summed E-state index contributed by atoms with van der Waals surface area (Å²) < 4.78 is 10.9. The largest absolute Gasteiger partial charge is 0.497 e. The molecule has 30 heavy (non-hydrogen) atoms. The molecule has 0 aromatic heterocycles. The van der Waals surface area contributed by atoms with Crippen molar-refractivity contribution >= 4 is 17.6 Å². The van der Waals surface area contributed by atoms with Crippen LogP contribution in [0.2, 0.25) is 0 Å². The molecule has 0 bridgehead atoms. The molecule has 2 aromatic carbocycles. The summed E-state index contributed by atoms with van der Waals surface area (Å²) >= 11 is 0. The van der Waals surface area contributed by atoms with E-state index in [1.54, 1.807) is 26.4 Å².